The van der Waals surface area contributed by atoms with Crippen LogP contribution in [0.4, 0.5) is 5.69 Å². The Hall–Kier alpha value is -2.56. The Labute approximate surface area is 117 Å². The molecule has 0 aliphatic carbocycles. The Morgan fingerprint density at radius 1 is 1.30 bits per heavy atom. The van der Waals surface area contributed by atoms with E-state index in [0.717, 1.165) is 11.1 Å². The van der Waals surface area contributed by atoms with Crippen LogP contribution in [0.1, 0.15) is 11.1 Å². The molecule has 0 atom stereocenters. The van der Waals surface area contributed by atoms with E-state index < -0.39 is 0 Å². The SMILES string of the molecule is Cc1cc(=O)n(CC(=O)NCc2ccccc2)cc1N. The minimum atomic E-state index is -0.230. The number of carbonyl (C=O) groups is 1. The molecule has 0 fully saturated rings. The second-order valence-corrected chi connectivity index (χ2v) is 4.64. The number of aryl methyl sites for hydroxylation is 1. The van der Waals surface area contributed by atoms with Crippen LogP contribution in [0.15, 0.2) is 47.4 Å². The summed E-state index contributed by atoms with van der Waals surface area (Å²) in [6.45, 7) is 2.17. The lowest BCUT2D eigenvalue weighted by Gasteiger charge is -2.09. The van der Waals surface area contributed by atoms with Crippen molar-refractivity contribution in [3.63, 3.8) is 0 Å². The third kappa shape index (κ3) is 3.47. The summed E-state index contributed by atoms with van der Waals surface area (Å²) in [6.07, 6.45) is 1.50. The number of nitrogen functional groups attached to an aromatic ring is 1. The molecule has 0 saturated carbocycles. The summed E-state index contributed by atoms with van der Waals surface area (Å²) < 4.78 is 1.31. The molecule has 0 unspecified atom stereocenters. The van der Waals surface area contributed by atoms with Crippen LogP contribution in [-0.2, 0) is 17.9 Å². The summed E-state index contributed by atoms with van der Waals surface area (Å²) in [5, 5.41) is 2.77. The first-order valence-electron chi connectivity index (χ1n) is 6.33. The predicted octanol–water partition coefficient (Wildman–Crippen LogP) is 1.06. The second-order valence-electron chi connectivity index (χ2n) is 4.64. The lowest BCUT2D eigenvalue weighted by Crippen LogP contribution is -2.31. The van der Waals surface area contributed by atoms with Gasteiger partial charge in [-0.3, -0.25) is 9.59 Å². The number of carbonyl (C=O) groups excluding carboxylic acids is 1. The summed E-state index contributed by atoms with van der Waals surface area (Å²) in [5.74, 6) is -0.223. The number of pyridine rings is 1. The number of aromatic nitrogens is 1. The lowest BCUT2D eigenvalue weighted by atomic mass is 10.2. The number of hydrogen-bond acceptors (Lipinski definition) is 3. The molecule has 20 heavy (non-hydrogen) atoms. The van der Waals surface area contributed by atoms with Crippen LogP contribution in [0.25, 0.3) is 0 Å². The van der Waals surface area contributed by atoms with Gasteiger partial charge in [0.1, 0.15) is 6.54 Å². The largest absolute Gasteiger partial charge is 0.397 e. The van der Waals surface area contributed by atoms with E-state index in [4.69, 9.17) is 5.73 Å². The van der Waals surface area contributed by atoms with Crippen LogP contribution in [0.3, 0.4) is 0 Å². The van der Waals surface area contributed by atoms with Crippen molar-refractivity contribution in [1.82, 2.24) is 9.88 Å². The second kappa shape index (κ2) is 6.06. The van der Waals surface area contributed by atoms with Crippen molar-refractivity contribution in [2.75, 3.05) is 5.73 Å². The monoisotopic (exact) mass is 271 g/mol. The van der Waals surface area contributed by atoms with Gasteiger partial charge in [-0.05, 0) is 18.1 Å². The van der Waals surface area contributed by atoms with Crippen molar-refractivity contribution in [1.29, 1.82) is 0 Å². The minimum Gasteiger partial charge on any atom is -0.397 e. The maximum Gasteiger partial charge on any atom is 0.251 e. The third-order valence-electron chi connectivity index (χ3n) is 3.02. The molecule has 0 bridgehead atoms. The summed E-state index contributed by atoms with van der Waals surface area (Å²) in [4.78, 5) is 23.6. The quantitative estimate of drug-likeness (QED) is 0.872. The Balaban J connectivity index is 1.98. The van der Waals surface area contributed by atoms with Crippen LogP contribution < -0.4 is 16.6 Å². The Morgan fingerprint density at radius 2 is 2.00 bits per heavy atom. The zero-order chi connectivity index (χ0) is 14.5. The molecule has 1 aromatic heterocycles. The van der Waals surface area contributed by atoms with Gasteiger partial charge in [-0.15, -0.1) is 0 Å². The fourth-order valence-electron chi connectivity index (χ4n) is 1.82. The van der Waals surface area contributed by atoms with E-state index >= 15 is 0 Å². The fourth-order valence-corrected chi connectivity index (χ4v) is 1.82. The van der Waals surface area contributed by atoms with Gasteiger partial charge < -0.3 is 15.6 Å². The first kappa shape index (κ1) is 13.9. The van der Waals surface area contributed by atoms with Crippen LogP contribution >= 0.6 is 0 Å². The number of amides is 1. The van der Waals surface area contributed by atoms with E-state index in [2.05, 4.69) is 5.32 Å². The number of hydrogen-bond donors (Lipinski definition) is 2. The molecule has 0 radical (unpaired) electrons. The molecule has 0 spiro atoms. The van der Waals surface area contributed by atoms with Gasteiger partial charge in [-0.25, -0.2) is 0 Å². The zero-order valence-corrected chi connectivity index (χ0v) is 11.3. The number of nitrogens with two attached hydrogens (primary N) is 1. The van der Waals surface area contributed by atoms with E-state index in [-0.39, 0.29) is 18.0 Å². The van der Waals surface area contributed by atoms with E-state index in [1.165, 1.54) is 16.8 Å². The number of nitrogens with one attached hydrogen (secondary N) is 1. The average Bonchev–Trinajstić information content (AvgIpc) is 2.44. The van der Waals surface area contributed by atoms with E-state index in [0.29, 0.717) is 12.2 Å². The highest BCUT2D eigenvalue weighted by atomic mass is 16.2. The first-order valence-corrected chi connectivity index (χ1v) is 6.33. The minimum absolute atomic E-state index is 0.0316. The molecule has 1 aromatic carbocycles. The Morgan fingerprint density at radius 3 is 2.70 bits per heavy atom. The van der Waals surface area contributed by atoms with Crippen molar-refractivity contribution in [2.24, 2.45) is 0 Å². The Kier molecular flexibility index (Phi) is 4.20. The van der Waals surface area contributed by atoms with Crippen molar-refractivity contribution < 1.29 is 4.79 Å². The average molecular weight is 271 g/mol. The number of anilines is 1. The molecule has 1 heterocycles. The molecule has 5 heteroatoms. The summed E-state index contributed by atoms with van der Waals surface area (Å²) in [7, 11) is 0. The fraction of sp³-hybridized carbons (Fsp3) is 0.200. The van der Waals surface area contributed by atoms with Gasteiger partial charge in [0.05, 0.1) is 5.69 Å². The molecule has 0 aliphatic rings. The molecule has 3 N–H and O–H groups in total. The highest BCUT2D eigenvalue weighted by molar-refractivity contribution is 5.75. The summed E-state index contributed by atoms with van der Waals surface area (Å²) in [5.41, 5.74) is 7.74. The molecular weight excluding hydrogens is 254 g/mol. The van der Waals surface area contributed by atoms with Crippen molar-refractivity contribution in [3.8, 4) is 0 Å². The lowest BCUT2D eigenvalue weighted by molar-refractivity contribution is -0.121. The summed E-state index contributed by atoms with van der Waals surface area (Å²) in [6, 6.07) is 11.0. The topological polar surface area (TPSA) is 77.1 Å². The van der Waals surface area contributed by atoms with E-state index in [1.807, 2.05) is 30.3 Å². The van der Waals surface area contributed by atoms with Crippen LogP contribution in [0, 0.1) is 6.92 Å². The van der Waals surface area contributed by atoms with Crippen molar-refractivity contribution in [3.05, 3.63) is 64.1 Å². The maximum atomic E-state index is 11.8. The van der Waals surface area contributed by atoms with Gasteiger partial charge in [-0.2, -0.15) is 0 Å². The molecular formula is C15H17N3O2. The number of nitrogens with zero attached hydrogens (tertiary/aromatic N) is 1. The van der Waals surface area contributed by atoms with Crippen molar-refractivity contribution >= 4 is 11.6 Å². The highest BCUT2D eigenvalue weighted by Gasteiger charge is 2.06. The molecule has 2 aromatic rings. The smallest absolute Gasteiger partial charge is 0.251 e. The van der Waals surface area contributed by atoms with E-state index in [9.17, 15) is 9.59 Å². The summed E-state index contributed by atoms with van der Waals surface area (Å²) >= 11 is 0. The predicted molar refractivity (Wildman–Crippen MR) is 78.1 cm³/mol. The number of benzene rings is 1. The first-order chi connectivity index (χ1) is 9.56. The molecule has 2 rings (SSSR count). The van der Waals surface area contributed by atoms with Gasteiger partial charge in [-0.1, -0.05) is 30.3 Å². The molecule has 5 nitrogen and oxygen atoms in total. The van der Waals surface area contributed by atoms with Gasteiger partial charge in [0.25, 0.3) is 5.56 Å². The van der Waals surface area contributed by atoms with Gasteiger partial charge >= 0.3 is 0 Å². The van der Waals surface area contributed by atoms with Crippen molar-refractivity contribution in [2.45, 2.75) is 20.0 Å². The van der Waals surface area contributed by atoms with Gasteiger partial charge in [0.2, 0.25) is 5.91 Å². The molecule has 1 amide bonds. The zero-order valence-electron chi connectivity index (χ0n) is 11.3. The van der Waals surface area contributed by atoms with E-state index in [1.54, 1.807) is 6.92 Å². The molecule has 104 valence electrons. The normalized spacial score (nSPS) is 10.2. The van der Waals surface area contributed by atoms with Crippen LogP contribution in [0.5, 0.6) is 0 Å². The van der Waals surface area contributed by atoms with Gasteiger partial charge in [0, 0.05) is 18.8 Å². The number of rotatable bonds is 4. The van der Waals surface area contributed by atoms with Crippen LogP contribution in [0.2, 0.25) is 0 Å². The Bertz CT molecular complexity index is 663. The standard InChI is InChI=1S/C15H17N3O2/c1-11-7-15(20)18(9-13(11)16)10-14(19)17-8-12-5-3-2-4-6-12/h2-7,9H,8,10,16H2,1H3,(H,17,19). The van der Waals surface area contributed by atoms with Gasteiger partial charge in [0.15, 0.2) is 0 Å². The third-order valence-corrected chi connectivity index (χ3v) is 3.02. The molecule has 0 aliphatic heterocycles. The highest BCUT2D eigenvalue weighted by Crippen LogP contribution is 2.05. The van der Waals surface area contributed by atoms with Crippen LogP contribution in [-0.4, -0.2) is 10.5 Å². The maximum absolute atomic E-state index is 11.8. The molecule has 0 saturated heterocycles.